The Balaban J connectivity index is 1.34. The molecule has 1 aromatic heterocycles. The van der Waals surface area contributed by atoms with Gasteiger partial charge in [-0.05, 0) is 45.7 Å². The maximum absolute atomic E-state index is 13.6. The summed E-state index contributed by atoms with van der Waals surface area (Å²) in [6, 6.07) is 27.8. The second-order valence-electron chi connectivity index (χ2n) is 9.84. The van der Waals surface area contributed by atoms with Crippen molar-refractivity contribution in [2.75, 3.05) is 19.1 Å². The monoisotopic (exact) mass is 621 g/mol. The van der Waals surface area contributed by atoms with Crippen LogP contribution in [0.5, 0.6) is 11.5 Å². The lowest BCUT2D eigenvalue weighted by Gasteiger charge is -2.24. The largest absolute Gasteiger partial charge is 0.503 e. The predicted octanol–water partition coefficient (Wildman–Crippen LogP) is 7.18. The van der Waals surface area contributed by atoms with E-state index >= 15 is 0 Å². The van der Waals surface area contributed by atoms with Crippen molar-refractivity contribution >= 4 is 56.8 Å². The Kier molecular flexibility index (Phi) is 8.44. The zero-order chi connectivity index (χ0) is 30.6. The molecular weight excluding hydrogens is 595 g/mol. The standard InChI is InChI=1S/C34H27N3O5S2/c1-41-27-18-16-23(19-28(27)42-2)30-29(26(38)17-15-21-9-4-3-5-10-21)31(39)32(40)37(30)33-35-36-34(44-33)43-20-24-13-8-12-22-11-6-7-14-25(22)24/h3-19,30,39H,20H2,1-2H3. The summed E-state index contributed by atoms with van der Waals surface area (Å²) in [6.07, 6.45) is 3.01. The number of benzene rings is 4. The summed E-state index contributed by atoms with van der Waals surface area (Å²) in [7, 11) is 3.03. The molecule has 0 spiro atoms. The number of carbonyl (C=O) groups excluding carboxylic acids is 2. The lowest BCUT2D eigenvalue weighted by molar-refractivity contribution is -0.117. The maximum Gasteiger partial charge on any atom is 0.296 e. The van der Waals surface area contributed by atoms with Crippen molar-refractivity contribution < 1.29 is 24.2 Å². The number of rotatable bonds is 10. The molecule has 220 valence electrons. The number of hydrogen-bond acceptors (Lipinski definition) is 9. The van der Waals surface area contributed by atoms with Gasteiger partial charge in [-0.3, -0.25) is 14.5 Å². The molecule has 0 saturated carbocycles. The van der Waals surface area contributed by atoms with E-state index in [1.54, 1.807) is 24.3 Å². The molecule has 0 radical (unpaired) electrons. The molecule has 8 nitrogen and oxygen atoms in total. The zero-order valence-electron chi connectivity index (χ0n) is 23.8. The summed E-state index contributed by atoms with van der Waals surface area (Å²) in [5.41, 5.74) is 2.44. The molecule has 1 N–H and O–H groups in total. The minimum atomic E-state index is -0.973. The number of aromatic nitrogens is 2. The van der Waals surface area contributed by atoms with Gasteiger partial charge in [-0.25, -0.2) is 0 Å². The summed E-state index contributed by atoms with van der Waals surface area (Å²) in [6.45, 7) is 0. The van der Waals surface area contributed by atoms with Crippen molar-refractivity contribution in [3.05, 3.63) is 125 Å². The van der Waals surface area contributed by atoms with Crippen LogP contribution < -0.4 is 14.4 Å². The molecular formula is C34H27N3O5S2. The van der Waals surface area contributed by atoms with E-state index in [2.05, 4.69) is 34.5 Å². The van der Waals surface area contributed by atoms with Gasteiger partial charge in [-0.15, -0.1) is 10.2 Å². The van der Waals surface area contributed by atoms with Crippen molar-refractivity contribution in [1.82, 2.24) is 10.2 Å². The zero-order valence-corrected chi connectivity index (χ0v) is 25.5. The number of anilines is 1. The Labute approximate surface area is 262 Å². The number of hydrogen-bond donors (Lipinski definition) is 1. The van der Waals surface area contributed by atoms with E-state index in [0.29, 0.717) is 27.2 Å². The first-order valence-electron chi connectivity index (χ1n) is 13.7. The average Bonchev–Trinajstić information content (AvgIpc) is 3.64. The molecule has 1 atom stereocenters. The smallest absolute Gasteiger partial charge is 0.296 e. The van der Waals surface area contributed by atoms with Gasteiger partial charge in [0.25, 0.3) is 5.91 Å². The summed E-state index contributed by atoms with van der Waals surface area (Å²) in [5.74, 6) is -0.312. The van der Waals surface area contributed by atoms with Crippen LogP contribution in [-0.4, -0.2) is 41.2 Å². The molecule has 0 aliphatic carbocycles. The van der Waals surface area contributed by atoms with Gasteiger partial charge in [0.15, 0.2) is 27.4 Å². The fourth-order valence-corrected chi connectivity index (χ4v) is 7.01. The number of methoxy groups -OCH3 is 2. The highest BCUT2D eigenvalue weighted by Gasteiger charge is 2.45. The molecule has 0 fully saturated rings. The van der Waals surface area contributed by atoms with Crippen LogP contribution in [0, 0.1) is 0 Å². The number of nitrogens with zero attached hydrogens (tertiary/aromatic N) is 3. The summed E-state index contributed by atoms with van der Waals surface area (Å²) in [4.78, 5) is 28.5. The van der Waals surface area contributed by atoms with Gasteiger partial charge >= 0.3 is 0 Å². The van der Waals surface area contributed by atoms with E-state index < -0.39 is 23.5 Å². The van der Waals surface area contributed by atoms with E-state index in [-0.39, 0.29) is 10.7 Å². The minimum Gasteiger partial charge on any atom is -0.503 e. The van der Waals surface area contributed by atoms with Crippen molar-refractivity contribution in [3.63, 3.8) is 0 Å². The third kappa shape index (κ3) is 5.69. The molecule has 5 aromatic rings. The van der Waals surface area contributed by atoms with E-state index in [1.807, 2.05) is 48.5 Å². The molecule has 4 aromatic carbocycles. The fraction of sp³-hybridized carbons (Fsp3) is 0.118. The number of fused-ring (bicyclic) bond motifs is 1. The molecule has 1 unspecified atom stereocenters. The Morgan fingerprint density at radius 2 is 1.70 bits per heavy atom. The second-order valence-corrected chi connectivity index (χ2v) is 12.0. The van der Waals surface area contributed by atoms with Crippen LogP contribution in [0.1, 0.15) is 22.7 Å². The average molecular weight is 622 g/mol. The highest BCUT2D eigenvalue weighted by Crippen LogP contribution is 2.45. The Hall–Kier alpha value is -4.93. The molecule has 0 saturated heterocycles. The first-order valence-corrected chi connectivity index (χ1v) is 15.5. The SMILES string of the molecule is COc1ccc(C2C(C(=O)C=Cc3ccccc3)=C(O)C(=O)N2c2nnc(SCc3cccc4ccccc34)s2)cc1OC. The Morgan fingerprint density at radius 3 is 2.50 bits per heavy atom. The molecule has 44 heavy (non-hydrogen) atoms. The Bertz CT molecular complexity index is 1910. The molecule has 6 rings (SSSR count). The van der Waals surface area contributed by atoms with Gasteiger partial charge < -0.3 is 14.6 Å². The first kappa shape index (κ1) is 29.2. The number of allylic oxidation sites excluding steroid dienone is 1. The van der Waals surface area contributed by atoms with Gasteiger partial charge in [-0.1, -0.05) is 108 Å². The molecule has 1 aliphatic heterocycles. The normalized spacial score (nSPS) is 15.0. The summed E-state index contributed by atoms with van der Waals surface area (Å²) >= 11 is 2.73. The van der Waals surface area contributed by atoms with Crippen LogP contribution in [-0.2, 0) is 15.3 Å². The number of ether oxygens (including phenoxy) is 2. The van der Waals surface area contributed by atoms with Gasteiger partial charge in [0.2, 0.25) is 5.13 Å². The number of aliphatic hydroxyl groups is 1. The summed E-state index contributed by atoms with van der Waals surface area (Å²) in [5, 5.41) is 22.4. The van der Waals surface area contributed by atoms with Crippen LogP contribution in [0.2, 0.25) is 0 Å². The molecule has 1 aliphatic rings. The van der Waals surface area contributed by atoms with Gasteiger partial charge in [0, 0.05) is 5.75 Å². The number of thioether (sulfide) groups is 1. The van der Waals surface area contributed by atoms with Crippen molar-refractivity contribution in [2.45, 2.75) is 16.1 Å². The predicted molar refractivity (Wildman–Crippen MR) is 173 cm³/mol. The van der Waals surface area contributed by atoms with Crippen LogP contribution in [0.15, 0.2) is 113 Å². The third-order valence-corrected chi connectivity index (χ3v) is 9.36. The second kappa shape index (κ2) is 12.7. The minimum absolute atomic E-state index is 0.0606. The van der Waals surface area contributed by atoms with Crippen LogP contribution in [0.3, 0.4) is 0 Å². The maximum atomic E-state index is 13.6. The van der Waals surface area contributed by atoms with Crippen molar-refractivity contribution in [3.8, 4) is 11.5 Å². The fourth-order valence-electron chi connectivity index (χ4n) is 5.13. The molecule has 0 bridgehead atoms. The molecule has 2 heterocycles. The summed E-state index contributed by atoms with van der Waals surface area (Å²) < 4.78 is 11.5. The molecule has 1 amide bonds. The number of carbonyl (C=O) groups is 2. The highest BCUT2D eigenvalue weighted by atomic mass is 32.2. The highest BCUT2D eigenvalue weighted by molar-refractivity contribution is 8.00. The van der Waals surface area contributed by atoms with Crippen LogP contribution >= 0.6 is 23.1 Å². The lowest BCUT2D eigenvalue weighted by Crippen LogP contribution is -2.30. The first-order chi connectivity index (χ1) is 21.5. The van der Waals surface area contributed by atoms with E-state index in [0.717, 1.165) is 21.9 Å². The van der Waals surface area contributed by atoms with Crippen molar-refractivity contribution in [1.29, 1.82) is 0 Å². The lowest BCUT2D eigenvalue weighted by atomic mass is 9.95. The van der Waals surface area contributed by atoms with Crippen LogP contribution in [0.4, 0.5) is 5.13 Å². The quantitative estimate of drug-likeness (QED) is 0.0994. The van der Waals surface area contributed by atoms with E-state index in [9.17, 15) is 14.7 Å². The number of aliphatic hydroxyl groups excluding tert-OH is 1. The number of amides is 1. The Morgan fingerprint density at radius 1 is 0.955 bits per heavy atom. The number of ketones is 1. The van der Waals surface area contributed by atoms with Gasteiger partial charge in [0.05, 0.1) is 25.8 Å². The van der Waals surface area contributed by atoms with Crippen molar-refractivity contribution in [2.24, 2.45) is 0 Å². The van der Waals surface area contributed by atoms with E-state index in [1.165, 1.54) is 48.3 Å². The van der Waals surface area contributed by atoms with E-state index in [4.69, 9.17) is 9.47 Å². The van der Waals surface area contributed by atoms with Gasteiger partial charge in [0.1, 0.15) is 0 Å². The van der Waals surface area contributed by atoms with Gasteiger partial charge in [-0.2, -0.15) is 0 Å². The van der Waals surface area contributed by atoms with Crippen LogP contribution in [0.25, 0.3) is 16.8 Å². The third-order valence-electron chi connectivity index (χ3n) is 7.26. The molecule has 10 heteroatoms. The topological polar surface area (TPSA) is 102 Å².